The lowest BCUT2D eigenvalue weighted by Crippen LogP contribution is -2.20. The number of thiophene rings is 1. The van der Waals surface area contributed by atoms with E-state index in [2.05, 4.69) is 11.4 Å². The lowest BCUT2D eigenvalue weighted by Gasteiger charge is -2.12. The molecule has 0 aliphatic rings. The zero-order chi connectivity index (χ0) is 13.7. The predicted molar refractivity (Wildman–Crippen MR) is 81.2 cm³/mol. The molecule has 0 spiro atoms. The maximum Gasteiger partial charge on any atom is 0.224 e. The van der Waals surface area contributed by atoms with Gasteiger partial charge in [0.1, 0.15) is 0 Å². The van der Waals surface area contributed by atoms with E-state index in [0.29, 0.717) is 13.0 Å². The molecule has 1 amide bonds. The predicted octanol–water partition coefficient (Wildman–Crippen LogP) is 3.34. The third-order valence-corrected chi connectivity index (χ3v) is 3.83. The molecule has 19 heavy (non-hydrogen) atoms. The van der Waals surface area contributed by atoms with Crippen LogP contribution in [0.1, 0.15) is 13.3 Å². The number of hydrogen-bond donors (Lipinski definition) is 2. The maximum atomic E-state index is 11.9. The highest BCUT2D eigenvalue weighted by Crippen LogP contribution is 2.31. The molecule has 1 atom stereocenters. The molecule has 2 aromatic rings. The molecule has 0 radical (unpaired) electrons. The van der Waals surface area contributed by atoms with Gasteiger partial charge in [0.2, 0.25) is 5.91 Å². The van der Waals surface area contributed by atoms with E-state index in [1.807, 2.05) is 42.6 Å². The first-order chi connectivity index (χ1) is 9.20. The van der Waals surface area contributed by atoms with Crippen molar-refractivity contribution in [2.24, 2.45) is 11.7 Å². The molecule has 1 heterocycles. The molecule has 3 nitrogen and oxygen atoms in total. The van der Waals surface area contributed by atoms with Crippen molar-refractivity contribution in [2.75, 3.05) is 11.9 Å². The molecule has 2 rings (SSSR count). The Balaban J connectivity index is 2.15. The van der Waals surface area contributed by atoms with E-state index < -0.39 is 0 Å². The molecule has 0 bridgehead atoms. The van der Waals surface area contributed by atoms with Crippen LogP contribution in [0.15, 0.2) is 41.8 Å². The molecular weight excluding hydrogens is 256 g/mol. The van der Waals surface area contributed by atoms with Crippen LogP contribution in [0, 0.1) is 5.92 Å². The summed E-state index contributed by atoms with van der Waals surface area (Å²) in [5.41, 5.74) is 7.46. The van der Waals surface area contributed by atoms with Crippen molar-refractivity contribution in [3.63, 3.8) is 0 Å². The van der Waals surface area contributed by atoms with Gasteiger partial charge >= 0.3 is 0 Å². The summed E-state index contributed by atoms with van der Waals surface area (Å²) < 4.78 is 0. The highest BCUT2D eigenvalue weighted by atomic mass is 32.1. The summed E-state index contributed by atoms with van der Waals surface area (Å²) in [5, 5.41) is 5.01. The van der Waals surface area contributed by atoms with E-state index in [9.17, 15) is 4.79 Å². The van der Waals surface area contributed by atoms with Crippen molar-refractivity contribution in [3.05, 3.63) is 41.8 Å². The molecule has 0 aliphatic carbocycles. The van der Waals surface area contributed by atoms with Gasteiger partial charge in [-0.3, -0.25) is 4.79 Å². The average molecular weight is 274 g/mol. The van der Waals surface area contributed by atoms with Gasteiger partial charge in [0.05, 0.1) is 0 Å². The van der Waals surface area contributed by atoms with Crippen molar-refractivity contribution in [2.45, 2.75) is 13.3 Å². The maximum absolute atomic E-state index is 11.9. The summed E-state index contributed by atoms with van der Waals surface area (Å²) in [4.78, 5) is 13.1. The van der Waals surface area contributed by atoms with Crippen LogP contribution in [0.5, 0.6) is 0 Å². The molecule has 4 heteroatoms. The molecule has 1 aromatic carbocycles. The molecule has 100 valence electrons. The fraction of sp³-hybridized carbons (Fsp3) is 0.267. The normalized spacial score (nSPS) is 12.1. The second kappa shape index (κ2) is 6.50. The average Bonchev–Trinajstić information content (AvgIpc) is 2.93. The topological polar surface area (TPSA) is 55.1 Å². The first-order valence-electron chi connectivity index (χ1n) is 6.33. The van der Waals surface area contributed by atoms with E-state index in [0.717, 1.165) is 16.1 Å². The largest absolute Gasteiger partial charge is 0.330 e. The highest BCUT2D eigenvalue weighted by molar-refractivity contribution is 7.13. The number of nitrogens with one attached hydrogen (secondary N) is 1. The number of carbonyl (C=O) groups is 1. The minimum absolute atomic E-state index is 0.0157. The number of para-hydroxylation sites is 1. The second-order valence-electron chi connectivity index (χ2n) is 4.62. The molecule has 0 saturated carbocycles. The minimum Gasteiger partial charge on any atom is -0.330 e. The molecule has 0 aliphatic heterocycles. The van der Waals surface area contributed by atoms with E-state index in [1.54, 1.807) is 11.3 Å². The summed E-state index contributed by atoms with van der Waals surface area (Å²) in [6, 6.07) is 11.9. The second-order valence-corrected chi connectivity index (χ2v) is 5.56. The number of benzene rings is 1. The molecule has 1 aromatic heterocycles. The van der Waals surface area contributed by atoms with Gasteiger partial charge in [0.15, 0.2) is 0 Å². The smallest absolute Gasteiger partial charge is 0.224 e. The number of nitrogens with two attached hydrogens (primary N) is 1. The summed E-state index contributed by atoms with van der Waals surface area (Å²) in [5.74, 6) is 0.218. The van der Waals surface area contributed by atoms with Crippen molar-refractivity contribution >= 4 is 22.9 Å². The van der Waals surface area contributed by atoms with Crippen molar-refractivity contribution in [1.29, 1.82) is 0 Å². The fourth-order valence-corrected chi connectivity index (χ4v) is 2.61. The summed E-state index contributed by atoms with van der Waals surface area (Å²) in [7, 11) is 0. The van der Waals surface area contributed by atoms with E-state index in [4.69, 9.17) is 5.73 Å². The van der Waals surface area contributed by atoms with Crippen molar-refractivity contribution in [1.82, 2.24) is 0 Å². The van der Waals surface area contributed by atoms with Gasteiger partial charge in [0.25, 0.3) is 0 Å². The Labute approximate surface area is 117 Å². The number of hydrogen-bond acceptors (Lipinski definition) is 3. The van der Waals surface area contributed by atoms with Gasteiger partial charge in [-0.05, 0) is 30.0 Å². The van der Waals surface area contributed by atoms with Gasteiger partial charge < -0.3 is 11.1 Å². The lowest BCUT2D eigenvalue weighted by atomic mass is 10.1. The van der Waals surface area contributed by atoms with E-state index in [1.165, 1.54) is 0 Å². The van der Waals surface area contributed by atoms with Crippen LogP contribution in [-0.4, -0.2) is 12.5 Å². The number of amides is 1. The minimum atomic E-state index is 0.0157. The van der Waals surface area contributed by atoms with Crippen LogP contribution in [0.25, 0.3) is 10.4 Å². The van der Waals surface area contributed by atoms with Gasteiger partial charge in [-0.2, -0.15) is 0 Å². The zero-order valence-corrected chi connectivity index (χ0v) is 11.7. The van der Waals surface area contributed by atoms with E-state index in [-0.39, 0.29) is 11.8 Å². The number of carbonyl (C=O) groups excluding carboxylic acids is 1. The molecular formula is C15H18N2OS. The standard InChI is InChI=1S/C15H18N2OS/c1-11(10-16)9-15(18)17-13-6-3-2-5-12(13)14-7-4-8-19-14/h2-8,11H,9-10,16H2,1H3,(H,17,18). The first-order valence-corrected chi connectivity index (χ1v) is 7.21. The Morgan fingerprint density at radius 2 is 2.11 bits per heavy atom. The van der Waals surface area contributed by atoms with Crippen molar-refractivity contribution in [3.8, 4) is 10.4 Å². The summed E-state index contributed by atoms with van der Waals surface area (Å²) >= 11 is 1.66. The Morgan fingerprint density at radius 3 is 2.79 bits per heavy atom. The number of anilines is 1. The lowest BCUT2D eigenvalue weighted by molar-refractivity contribution is -0.116. The third-order valence-electron chi connectivity index (χ3n) is 2.92. The fourth-order valence-electron chi connectivity index (χ4n) is 1.84. The SMILES string of the molecule is CC(CN)CC(=O)Nc1ccccc1-c1cccs1. The Morgan fingerprint density at radius 1 is 1.32 bits per heavy atom. The molecule has 0 saturated heterocycles. The first kappa shape index (κ1) is 13.8. The summed E-state index contributed by atoms with van der Waals surface area (Å²) in [6.07, 6.45) is 0.454. The molecule has 1 unspecified atom stereocenters. The Hall–Kier alpha value is -1.65. The third kappa shape index (κ3) is 3.66. The Kier molecular flexibility index (Phi) is 4.71. The molecule has 3 N–H and O–H groups in total. The zero-order valence-electron chi connectivity index (χ0n) is 10.9. The van der Waals surface area contributed by atoms with Crippen LogP contribution in [0.4, 0.5) is 5.69 Å². The van der Waals surface area contributed by atoms with Gasteiger partial charge in [0, 0.05) is 22.5 Å². The van der Waals surface area contributed by atoms with Crippen LogP contribution >= 0.6 is 11.3 Å². The van der Waals surface area contributed by atoms with Gasteiger partial charge in [-0.25, -0.2) is 0 Å². The van der Waals surface area contributed by atoms with Crippen molar-refractivity contribution < 1.29 is 4.79 Å². The Bertz CT molecular complexity index is 537. The van der Waals surface area contributed by atoms with Gasteiger partial charge in [-0.1, -0.05) is 31.2 Å². The number of rotatable bonds is 5. The monoisotopic (exact) mass is 274 g/mol. The summed E-state index contributed by atoms with van der Waals surface area (Å²) in [6.45, 7) is 2.50. The highest BCUT2D eigenvalue weighted by Gasteiger charge is 2.11. The van der Waals surface area contributed by atoms with Crippen LogP contribution in [0.2, 0.25) is 0 Å². The van der Waals surface area contributed by atoms with Crippen LogP contribution < -0.4 is 11.1 Å². The van der Waals surface area contributed by atoms with Gasteiger partial charge in [-0.15, -0.1) is 11.3 Å². The van der Waals surface area contributed by atoms with E-state index >= 15 is 0 Å². The quantitative estimate of drug-likeness (QED) is 0.878. The van der Waals surface area contributed by atoms with Crippen LogP contribution in [0.3, 0.4) is 0 Å². The van der Waals surface area contributed by atoms with Crippen LogP contribution in [-0.2, 0) is 4.79 Å². The molecule has 0 fully saturated rings.